The van der Waals surface area contributed by atoms with Crippen LogP contribution in [0.15, 0.2) is 65.2 Å². The van der Waals surface area contributed by atoms with Gasteiger partial charge in [-0.1, -0.05) is 41.6 Å². The quantitative estimate of drug-likeness (QED) is 0.395. The van der Waals surface area contributed by atoms with Gasteiger partial charge in [-0.25, -0.2) is 4.39 Å². The number of likely N-dealkylation sites (tertiary alicyclic amines) is 1. The fourth-order valence-electron chi connectivity index (χ4n) is 5.06. The lowest BCUT2D eigenvalue weighted by Crippen LogP contribution is -2.35. The van der Waals surface area contributed by atoms with Crippen LogP contribution in [-0.2, 0) is 4.79 Å². The molecule has 1 aliphatic carbocycles. The van der Waals surface area contributed by atoms with E-state index in [2.05, 4.69) is 22.0 Å². The second-order valence-electron chi connectivity index (χ2n) is 9.51. The number of piperidine rings is 1. The van der Waals surface area contributed by atoms with Crippen LogP contribution < -0.4 is 5.32 Å². The number of nitrogens with zero attached hydrogens (tertiary/aromatic N) is 2. The van der Waals surface area contributed by atoms with Crippen LogP contribution in [0.4, 0.5) is 4.39 Å². The predicted molar refractivity (Wildman–Crippen MR) is 132 cm³/mol. The Morgan fingerprint density at radius 3 is 2.82 bits per heavy atom. The first kappa shape index (κ1) is 22.5. The zero-order chi connectivity index (χ0) is 23.7. The number of carbonyl (C=O) groups excluding carboxylic acids is 1. The highest BCUT2D eigenvalue weighted by atomic mass is 19.1. The van der Waals surface area contributed by atoms with Gasteiger partial charge >= 0.3 is 0 Å². The van der Waals surface area contributed by atoms with Crippen LogP contribution in [0.2, 0.25) is 0 Å². The number of halogens is 1. The Labute approximate surface area is 199 Å². The van der Waals surface area contributed by atoms with E-state index in [1.807, 2.05) is 37.3 Å². The van der Waals surface area contributed by atoms with Crippen molar-refractivity contribution in [3.05, 3.63) is 83.3 Å². The minimum atomic E-state index is -0.303. The van der Waals surface area contributed by atoms with Crippen LogP contribution in [0.3, 0.4) is 0 Å². The third-order valence-electron chi connectivity index (χ3n) is 7.32. The maximum atomic E-state index is 13.4. The molecule has 0 spiro atoms. The number of amides is 1. The number of fused-ring (bicyclic) bond motifs is 1. The molecule has 5 rings (SSSR count). The fourth-order valence-corrected chi connectivity index (χ4v) is 5.06. The number of benzene rings is 2. The van der Waals surface area contributed by atoms with E-state index >= 15 is 0 Å². The number of aryl methyl sites for hydroxylation is 1. The van der Waals surface area contributed by atoms with Gasteiger partial charge in [-0.2, -0.15) is 0 Å². The molecule has 0 unspecified atom stereocenters. The van der Waals surface area contributed by atoms with Crippen LogP contribution in [0.1, 0.15) is 35.6 Å². The molecule has 1 saturated carbocycles. The lowest BCUT2D eigenvalue weighted by Gasteiger charge is -2.31. The zero-order valence-electron chi connectivity index (χ0n) is 19.5. The van der Waals surface area contributed by atoms with Crippen LogP contribution in [0.5, 0.6) is 0 Å². The third-order valence-corrected chi connectivity index (χ3v) is 7.32. The Balaban J connectivity index is 1.07. The number of rotatable bonds is 7. The summed E-state index contributed by atoms with van der Waals surface area (Å²) in [6.07, 6.45) is 5.48. The largest absolute Gasteiger partial charge is 0.356 e. The van der Waals surface area contributed by atoms with Crippen LogP contribution in [-0.4, -0.2) is 42.1 Å². The lowest BCUT2D eigenvalue weighted by atomic mass is 9.91. The van der Waals surface area contributed by atoms with E-state index in [0.29, 0.717) is 29.9 Å². The Kier molecular flexibility index (Phi) is 6.33. The van der Waals surface area contributed by atoms with Crippen molar-refractivity contribution in [3.8, 4) is 0 Å². The first-order chi connectivity index (χ1) is 16.5. The van der Waals surface area contributed by atoms with Gasteiger partial charge in [0.05, 0.1) is 5.69 Å². The third kappa shape index (κ3) is 4.82. The molecule has 2 aromatic carbocycles. The molecule has 1 amide bonds. The highest BCUT2D eigenvalue weighted by molar-refractivity contribution is 5.92. The SMILES string of the molecule is C=C1[C@H](CNC(=O)C=Cc2ccccc2C)[C@H]1CN1CCC(c2noc3cc(F)ccc23)CC1. The summed E-state index contributed by atoms with van der Waals surface area (Å²) in [7, 11) is 0. The molecule has 1 saturated heterocycles. The Bertz CT molecular complexity index is 1240. The van der Waals surface area contributed by atoms with Gasteiger partial charge in [0, 0.05) is 48.4 Å². The van der Waals surface area contributed by atoms with Gasteiger partial charge in [-0.05, 0) is 62.2 Å². The molecule has 5 nitrogen and oxygen atoms in total. The maximum absolute atomic E-state index is 13.4. The van der Waals surface area contributed by atoms with Gasteiger partial charge in [-0.15, -0.1) is 0 Å². The maximum Gasteiger partial charge on any atom is 0.244 e. The highest BCUT2D eigenvalue weighted by Gasteiger charge is 2.43. The van der Waals surface area contributed by atoms with Crippen LogP contribution >= 0.6 is 0 Å². The molecule has 0 radical (unpaired) electrons. The Hall–Kier alpha value is -3.25. The summed E-state index contributed by atoms with van der Waals surface area (Å²) in [6.45, 7) is 9.86. The average Bonchev–Trinajstić information content (AvgIpc) is 3.24. The van der Waals surface area contributed by atoms with Gasteiger partial charge in [0.25, 0.3) is 0 Å². The van der Waals surface area contributed by atoms with Crippen molar-refractivity contribution in [2.24, 2.45) is 11.8 Å². The topological polar surface area (TPSA) is 58.4 Å². The van der Waals surface area contributed by atoms with Gasteiger partial charge in [-0.3, -0.25) is 4.79 Å². The van der Waals surface area contributed by atoms with E-state index in [1.54, 1.807) is 12.1 Å². The van der Waals surface area contributed by atoms with Crippen LogP contribution in [0, 0.1) is 24.6 Å². The average molecular weight is 460 g/mol. The standard InChI is InChI=1S/C28H30FN3O2/c1-18-5-3-4-6-20(18)7-10-27(33)30-16-24-19(2)25(24)17-32-13-11-21(12-14-32)28-23-9-8-22(29)15-26(23)34-31-28/h3-10,15,21,24-25H,2,11-14,16-17H2,1H3,(H,30,33)/t24-,25-/m0/s1. The molecule has 176 valence electrons. The molecular weight excluding hydrogens is 429 g/mol. The van der Waals surface area contributed by atoms with E-state index in [1.165, 1.54) is 17.7 Å². The monoisotopic (exact) mass is 459 g/mol. The Morgan fingerprint density at radius 2 is 2.03 bits per heavy atom. The summed E-state index contributed by atoms with van der Waals surface area (Å²) in [4.78, 5) is 14.7. The minimum absolute atomic E-state index is 0.0674. The van der Waals surface area contributed by atoms with Crippen molar-refractivity contribution >= 4 is 23.0 Å². The van der Waals surface area contributed by atoms with Crippen molar-refractivity contribution in [1.29, 1.82) is 0 Å². The van der Waals surface area contributed by atoms with Crippen molar-refractivity contribution in [2.45, 2.75) is 25.7 Å². The van der Waals surface area contributed by atoms with Crippen molar-refractivity contribution < 1.29 is 13.7 Å². The van der Waals surface area contributed by atoms with Crippen molar-refractivity contribution in [3.63, 3.8) is 0 Å². The molecule has 1 N–H and O–H groups in total. The number of hydrogen-bond acceptors (Lipinski definition) is 4. The normalized spacial score (nSPS) is 21.4. The smallest absolute Gasteiger partial charge is 0.244 e. The van der Waals surface area contributed by atoms with E-state index in [-0.39, 0.29) is 11.7 Å². The van der Waals surface area contributed by atoms with Gasteiger partial charge in [0.15, 0.2) is 5.58 Å². The van der Waals surface area contributed by atoms with Gasteiger partial charge in [0.2, 0.25) is 5.91 Å². The fraction of sp³-hybridized carbons (Fsp3) is 0.357. The number of aromatic nitrogens is 1. The molecule has 0 bridgehead atoms. The molecule has 1 aromatic heterocycles. The summed E-state index contributed by atoms with van der Waals surface area (Å²) >= 11 is 0. The molecule has 1 aliphatic heterocycles. The molecule has 2 fully saturated rings. The van der Waals surface area contributed by atoms with E-state index in [4.69, 9.17) is 4.52 Å². The molecular formula is C28H30FN3O2. The zero-order valence-corrected chi connectivity index (χ0v) is 19.5. The highest BCUT2D eigenvalue weighted by Crippen LogP contribution is 2.45. The number of hydrogen-bond donors (Lipinski definition) is 1. The minimum Gasteiger partial charge on any atom is -0.356 e. The lowest BCUT2D eigenvalue weighted by molar-refractivity contribution is -0.116. The molecule has 3 aromatic rings. The van der Waals surface area contributed by atoms with Crippen LogP contribution in [0.25, 0.3) is 17.0 Å². The van der Waals surface area contributed by atoms with Gasteiger partial charge < -0.3 is 14.7 Å². The number of nitrogens with one attached hydrogen (secondary N) is 1. The number of carbonyl (C=O) groups is 1. The summed E-state index contributed by atoms with van der Waals surface area (Å²) in [5.74, 6) is 0.751. The molecule has 2 heterocycles. The van der Waals surface area contributed by atoms with Gasteiger partial charge in [0.1, 0.15) is 5.82 Å². The molecule has 2 aliphatic rings. The van der Waals surface area contributed by atoms with Crippen molar-refractivity contribution in [2.75, 3.05) is 26.2 Å². The second kappa shape index (κ2) is 9.55. The summed E-state index contributed by atoms with van der Waals surface area (Å²) in [6, 6.07) is 12.6. The molecule has 6 heteroatoms. The van der Waals surface area contributed by atoms with E-state index in [9.17, 15) is 9.18 Å². The predicted octanol–water partition coefficient (Wildman–Crippen LogP) is 5.09. The van der Waals surface area contributed by atoms with E-state index in [0.717, 1.165) is 54.7 Å². The first-order valence-corrected chi connectivity index (χ1v) is 12.0. The Morgan fingerprint density at radius 1 is 1.24 bits per heavy atom. The second-order valence-corrected chi connectivity index (χ2v) is 9.51. The molecule has 2 atom stereocenters. The molecule has 34 heavy (non-hydrogen) atoms. The summed E-state index contributed by atoms with van der Waals surface area (Å²) < 4.78 is 18.8. The van der Waals surface area contributed by atoms with Crippen molar-refractivity contribution in [1.82, 2.24) is 15.4 Å². The van der Waals surface area contributed by atoms with E-state index < -0.39 is 0 Å². The summed E-state index contributed by atoms with van der Waals surface area (Å²) in [5, 5.41) is 8.19. The summed E-state index contributed by atoms with van der Waals surface area (Å²) in [5.41, 5.74) is 4.90. The first-order valence-electron chi connectivity index (χ1n) is 12.0.